The lowest BCUT2D eigenvalue weighted by Crippen LogP contribution is -2.36. The van der Waals surface area contributed by atoms with Gasteiger partial charge < -0.3 is 19.7 Å². The molecular formula is C24H27N5O3. The number of carbonyl (C=O) groups excluding carboxylic acids is 1. The zero-order chi connectivity index (χ0) is 21.9. The van der Waals surface area contributed by atoms with Crippen LogP contribution in [0.25, 0.3) is 0 Å². The lowest BCUT2D eigenvalue weighted by Gasteiger charge is -2.32. The smallest absolute Gasteiger partial charge is 0.191 e. The van der Waals surface area contributed by atoms with Gasteiger partial charge in [0.05, 0.1) is 19.3 Å². The summed E-state index contributed by atoms with van der Waals surface area (Å²) in [5, 5.41) is 3.41. The van der Waals surface area contributed by atoms with Crippen LogP contribution in [-0.2, 0) is 0 Å². The first-order valence-corrected chi connectivity index (χ1v) is 11.1. The van der Waals surface area contributed by atoms with Crippen LogP contribution < -0.4 is 14.8 Å². The molecule has 0 spiro atoms. The summed E-state index contributed by atoms with van der Waals surface area (Å²) in [5.74, 6) is 2.70. The number of pyridine rings is 1. The van der Waals surface area contributed by atoms with Crippen molar-refractivity contribution in [1.82, 2.24) is 14.8 Å². The minimum absolute atomic E-state index is 0.118. The number of fused-ring (bicyclic) bond motifs is 3. The maximum absolute atomic E-state index is 12.8. The summed E-state index contributed by atoms with van der Waals surface area (Å²) >= 11 is 0. The van der Waals surface area contributed by atoms with E-state index < -0.39 is 0 Å². The number of likely N-dealkylation sites (tertiary alicyclic amines) is 1. The summed E-state index contributed by atoms with van der Waals surface area (Å²) in [7, 11) is 1.64. The van der Waals surface area contributed by atoms with E-state index in [1.54, 1.807) is 37.7 Å². The molecule has 1 N–H and O–H groups in total. The van der Waals surface area contributed by atoms with E-state index >= 15 is 0 Å². The fraction of sp³-hybridized carbons (Fsp3) is 0.375. The van der Waals surface area contributed by atoms with Gasteiger partial charge in [-0.25, -0.2) is 0 Å². The van der Waals surface area contributed by atoms with Gasteiger partial charge in [0.25, 0.3) is 0 Å². The molecule has 0 bridgehead atoms. The Morgan fingerprint density at radius 2 is 2.09 bits per heavy atom. The Labute approximate surface area is 187 Å². The minimum atomic E-state index is -0.118. The second-order valence-corrected chi connectivity index (χ2v) is 8.03. The summed E-state index contributed by atoms with van der Waals surface area (Å²) in [4.78, 5) is 26.0. The van der Waals surface area contributed by atoms with Gasteiger partial charge in [0.1, 0.15) is 18.3 Å². The Bertz CT molecular complexity index is 1060. The number of carbonyl (C=O) groups is 1. The molecule has 1 fully saturated rings. The molecule has 0 saturated carbocycles. The predicted octanol–water partition coefficient (Wildman–Crippen LogP) is 2.78. The van der Waals surface area contributed by atoms with Crippen LogP contribution in [0.15, 0.2) is 53.5 Å². The zero-order valence-electron chi connectivity index (χ0n) is 18.2. The number of hydrogen-bond donors (Lipinski definition) is 1. The molecule has 3 aliphatic rings. The van der Waals surface area contributed by atoms with Crippen LogP contribution in [0.5, 0.6) is 11.5 Å². The van der Waals surface area contributed by atoms with Gasteiger partial charge in [0.15, 0.2) is 17.3 Å². The van der Waals surface area contributed by atoms with Crippen molar-refractivity contribution >= 4 is 17.3 Å². The maximum Gasteiger partial charge on any atom is 0.191 e. The van der Waals surface area contributed by atoms with E-state index in [0.29, 0.717) is 42.6 Å². The second kappa shape index (κ2) is 9.00. The van der Waals surface area contributed by atoms with E-state index in [1.807, 2.05) is 17.0 Å². The highest BCUT2D eigenvalue weighted by Gasteiger charge is 2.33. The van der Waals surface area contributed by atoms with E-state index in [-0.39, 0.29) is 5.78 Å². The quantitative estimate of drug-likeness (QED) is 0.531. The van der Waals surface area contributed by atoms with E-state index in [2.05, 4.69) is 20.2 Å². The average molecular weight is 434 g/mol. The molecule has 0 amide bonds. The first-order chi connectivity index (χ1) is 15.7. The standard InChI is InChI=1S/C24H27N5O3/c1-31-23-20(32-14-13-28-10-2-3-11-28)7-6-18-22(23)27-21(29-12-9-26-24(18)29)15-19(30)17-5-4-8-25-16-17/h4-8,15-16,27H,2-3,9-14H2,1H3. The number of aromatic nitrogens is 1. The molecule has 2 aromatic rings. The van der Waals surface area contributed by atoms with Crippen LogP contribution in [0, 0.1) is 0 Å². The molecule has 4 heterocycles. The number of aliphatic imine (C=N–C) groups is 1. The summed E-state index contributed by atoms with van der Waals surface area (Å²) in [6.07, 6.45) is 7.35. The Morgan fingerprint density at radius 1 is 1.22 bits per heavy atom. The van der Waals surface area contributed by atoms with Gasteiger partial charge in [-0.3, -0.25) is 19.7 Å². The Balaban J connectivity index is 1.43. The van der Waals surface area contributed by atoms with Crippen molar-refractivity contribution in [3.8, 4) is 11.5 Å². The number of nitrogens with one attached hydrogen (secondary N) is 1. The number of allylic oxidation sites excluding steroid dienone is 1. The number of nitrogens with zero attached hydrogens (tertiary/aromatic N) is 4. The van der Waals surface area contributed by atoms with E-state index in [0.717, 1.165) is 36.7 Å². The van der Waals surface area contributed by atoms with Crippen LogP contribution in [0.2, 0.25) is 0 Å². The van der Waals surface area contributed by atoms with Gasteiger partial charge >= 0.3 is 0 Å². The summed E-state index contributed by atoms with van der Waals surface area (Å²) < 4.78 is 11.9. The molecule has 1 saturated heterocycles. The molecule has 0 radical (unpaired) electrons. The van der Waals surface area contributed by atoms with Gasteiger partial charge in [0.2, 0.25) is 0 Å². The highest BCUT2D eigenvalue weighted by Crippen LogP contribution is 2.43. The summed E-state index contributed by atoms with van der Waals surface area (Å²) in [5.41, 5.74) is 2.25. The van der Waals surface area contributed by atoms with Gasteiger partial charge in [-0.1, -0.05) is 0 Å². The largest absolute Gasteiger partial charge is 0.491 e. The Kier molecular flexibility index (Phi) is 5.77. The van der Waals surface area contributed by atoms with Crippen molar-refractivity contribution in [3.63, 3.8) is 0 Å². The summed E-state index contributed by atoms with van der Waals surface area (Å²) in [6.45, 7) is 5.17. The minimum Gasteiger partial charge on any atom is -0.491 e. The van der Waals surface area contributed by atoms with Gasteiger partial charge in [-0.05, 0) is 50.2 Å². The Morgan fingerprint density at radius 3 is 2.88 bits per heavy atom. The summed E-state index contributed by atoms with van der Waals surface area (Å²) in [6, 6.07) is 7.46. The van der Waals surface area contributed by atoms with Crippen LogP contribution in [0.3, 0.4) is 0 Å². The van der Waals surface area contributed by atoms with Crippen molar-refractivity contribution in [2.24, 2.45) is 4.99 Å². The van der Waals surface area contributed by atoms with Gasteiger partial charge in [-0.2, -0.15) is 0 Å². The van der Waals surface area contributed by atoms with Crippen molar-refractivity contribution in [3.05, 3.63) is 59.7 Å². The second-order valence-electron chi connectivity index (χ2n) is 8.03. The fourth-order valence-electron chi connectivity index (χ4n) is 4.42. The number of ether oxygens (including phenoxy) is 2. The molecule has 0 aliphatic carbocycles. The number of benzene rings is 1. The number of ketones is 1. The number of hydrogen-bond acceptors (Lipinski definition) is 8. The SMILES string of the molecule is COc1c(OCCN2CCCC2)ccc2c1NC(=CC(=O)c1cccnc1)N1CCN=C21. The van der Waals surface area contributed by atoms with Gasteiger partial charge in [0, 0.05) is 42.7 Å². The first kappa shape index (κ1) is 20.5. The predicted molar refractivity (Wildman–Crippen MR) is 123 cm³/mol. The first-order valence-electron chi connectivity index (χ1n) is 11.1. The Hall–Kier alpha value is -3.39. The lowest BCUT2D eigenvalue weighted by molar-refractivity contribution is 0.104. The molecule has 0 unspecified atom stereocenters. The van der Waals surface area contributed by atoms with Crippen molar-refractivity contribution in [2.75, 3.05) is 51.8 Å². The number of amidine groups is 1. The van der Waals surface area contributed by atoms with Crippen LogP contribution in [0.1, 0.15) is 28.8 Å². The van der Waals surface area contributed by atoms with E-state index in [9.17, 15) is 4.79 Å². The van der Waals surface area contributed by atoms with Crippen LogP contribution in [0.4, 0.5) is 5.69 Å². The molecule has 5 rings (SSSR count). The van der Waals surface area contributed by atoms with E-state index in [1.165, 1.54) is 12.8 Å². The molecule has 3 aliphatic heterocycles. The zero-order valence-corrected chi connectivity index (χ0v) is 18.2. The topological polar surface area (TPSA) is 79.3 Å². The molecular weight excluding hydrogens is 406 g/mol. The van der Waals surface area contributed by atoms with Crippen LogP contribution in [-0.4, -0.2) is 72.8 Å². The molecule has 166 valence electrons. The monoisotopic (exact) mass is 433 g/mol. The highest BCUT2D eigenvalue weighted by molar-refractivity contribution is 6.11. The molecule has 1 aromatic carbocycles. The third-order valence-electron chi connectivity index (χ3n) is 6.03. The van der Waals surface area contributed by atoms with Crippen molar-refractivity contribution < 1.29 is 14.3 Å². The molecule has 1 aromatic heterocycles. The van der Waals surface area contributed by atoms with Crippen molar-refractivity contribution in [1.29, 1.82) is 0 Å². The highest BCUT2D eigenvalue weighted by atomic mass is 16.5. The van der Waals surface area contributed by atoms with Crippen molar-refractivity contribution in [2.45, 2.75) is 12.8 Å². The van der Waals surface area contributed by atoms with Crippen LogP contribution >= 0.6 is 0 Å². The maximum atomic E-state index is 12.8. The number of anilines is 1. The van der Waals surface area contributed by atoms with Gasteiger partial charge in [-0.15, -0.1) is 0 Å². The number of rotatable bonds is 7. The third kappa shape index (κ3) is 3.93. The molecule has 8 heteroatoms. The third-order valence-corrected chi connectivity index (χ3v) is 6.03. The van der Waals surface area contributed by atoms with E-state index in [4.69, 9.17) is 9.47 Å². The normalized spacial score (nSPS) is 18.7. The lowest BCUT2D eigenvalue weighted by atomic mass is 10.1. The molecule has 8 nitrogen and oxygen atoms in total. The average Bonchev–Trinajstić information content (AvgIpc) is 3.52. The fourth-order valence-corrected chi connectivity index (χ4v) is 4.42. The number of methoxy groups -OCH3 is 1. The molecule has 0 atom stereocenters. The molecule has 32 heavy (non-hydrogen) atoms.